The maximum atomic E-state index is 11.9. The van der Waals surface area contributed by atoms with Crippen LogP contribution in [0.3, 0.4) is 0 Å². The number of amides is 1. The normalized spacial score (nSPS) is 15.7. The van der Waals surface area contributed by atoms with Gasteiger partial charge in [0.15, 0.2) is 0 Å². The molecule has 7 heteroatoms. The standard InChI is InChI=1S/C14H19N3O4/c1-10-2-3-11(17(19)20)8-13(10)16-14(18)9-21-12-4-6-15-7-5-12/h2-3,8,12,15H,4-7,9H2,1H3,(H,16,18). The largest absolute Gasteiger partial charge is 0.368 e. The Labute approximate surface area is 122 Å². The van der Waals surface area contributed by atoms with Crippen LogP contribution < -0.4 is 10.6 Å². The summed E-state index contributed by atoms with van der Waals surface area (Å²) in [6, 6.07) is 4.38. The Morgan fingerprint density at radius 2 is 2.19 bits per heavy atom. The second-order valence-electron chi connectivity index (χ2n) is 5.06. The third-order valence-corrected chi connectivity index (χ3v) is 3.44. The number of nitro groups is 1. The highest BCUT2D eigenvalue weighted by atomic mass is 16.6. The summed E-state index contributed by atoms with van der Waals surface area (Å²) in [5.41, 5.74) is 1.18. The van der Waals surface area contributed by atoms with Crippen molar-refractivity contribution in [3.63, 3.8) is 0 Å². The number of benzene rings is 1. The highest BCUT2D eigenvalue weighted by Gasteiger charge is 2.16. The van der Waals surface area contributed by atoms with Crippen molar-refractivity contribution in [2.24, 2.45) is 0 Å². The minimum absolute atomic E-state index is 0.0349. The number of aryl methyl sites for hydroxylation is 1. The quantitative estimate of drug-likeness (QED) is 0.635. The molecule has 1 aromatic carbocycles. The lowest BCUT2D eigenvalue weighted by molar-refractivity contribution is -0.384. The maximum Gasteiger partial charge on any atom is 0.271 e. The average Bonchev–Trinajstić information content (AvgIpc) is 2.48. The van der Waals surface area contributed by atoms with Gasteiger partial charge in [-0.1, -0.05) is 6.07 Å². The van der Waals surface area contributed by atoms with E-state index < -0.39 is 4.92 Å². The van der Waals surface area contributed by atoms with E-state index in [2.05, 4.69) is 10.6 Å². The molecule has 0 saturated carbocycles. The predicted octanol–water partition coefficient (Wildman–Crippen LogP) is 1.61. The van der Waals surface area contributed by atoms with Crippen molar-refractivity contribution in [3.05, 3.63) is 33.9 Å². The zero-order valence-electron chi connectivity index (χ0n) is 11.9. The van der Waals surface area contributed by atoms with Gasteiger partial charge < -0.3 is 15.4 Å². The Hall–Kier alpha value is -1.99. The van der Waals surface area contributed by atoms with Gasteiger partial charge in [0.25, 0.3) is 5.69 Å². The highest BCUT2D eigenvalue weighted by molar-refractivity contribution is 5.92. The first kappa shape index (κ1) is 15.4. The van der Waals surface area contributed by atoms with Crippen molar-refractivity contribution in [2.75, 3.05) is 25.0 Å². The second-order valence-corrected chi connectivity index (χ2v) is 5.06. The summed E-state index contributed by atoms with van der Waals surface area (Å²) in [5.74, 6) is -0.294. The van der Waals surface area contributed by atoms with Gasteiger partial charge in [-0.15, -0.1) is 0 Å². The number of nitrogens with one attached hydrogen (secondary N) is 2. The van der Waals surface area contributed by atoms with Gasteiger partial charge in [0, 0.05) is 12.1 Å². The molecule has 0 bridgehead atoms. The van der Waals surface area contributed by atoms with Crippen LogP contribution in [0, 0.1) is 17.0 Å². The molecule has 1 fully saturated rings. The summed E-state index contributed by atoms with van der Waals surface area (Å²) < 4.78 is 5.55. The molecule has 114 valence electrons. The van der Waals surface area contributed by atoms with Crippen molar-refractivity contribution in [2.45, 2.75) is 25.9 Å². The molecule has 1 saturated heterocycles. The Balaban J connectivity index is 1.89. The number of carbonyl (C=O) groups is 1. The Kier molecular flexibility index (Phi) is 5.24. The van der Waals surface area contributed by atoms with Gasteiger partial charge in [-0.05, 0) is 38.4 Å². The van der Waals surface area contributed by atoms with Crippen LogP contribution >= 0.6 is 0 Å². The zero-order chi connectivity index (χ0) is 15.2. The van der Waals surface area contributed by atoms with E-state index in [0.29, 0.717) is 5.69 Å². The summed E-state index contributed by atoms with van der Waals surface area (Å²) in [7, 11) is 0. The molecule has 1 aliphatic heterocycles. The monoisotopic (exact) mass is 293 g/mol. The number of nitrogens with zero attached hydrogens (tertiary/aromatic N) is 1. The first-order valence-corrected chi connectivity index (χ1v) is 6.93. The topological polar surface area (TPSA) is 93.5 Å². The van der Waals surface area contributed by atoms with E-state index in [0.717, 1.165) is 31.5 Å². The fourth-order valence-electron chi connectivity index (χ4n) is 2.20. The van der Waals surface area contributed by atoms with E-state index in [1.165, 1.54) is 12.1 Å². The molecule has 0 atom stereocenters. The van der Waals surface area contributed by atoms with Gasteiger partial charge in [0.1, 0.15) is 6.61 Å². The number of carbonyl (C=O) groups excluding carboxylic acids is 1. The van der Waals surface area contributed by atoms with Crippen LogP contribution in [0.15, 0.2) is 18.2 Å². The summed E-state index contributed by atoms with van der Waals surface area (Å²) in [6.07, 6.45) is 1.88. The molecule has 1 aromatic rings. The van der Waals surface area contributed by atoms with Crippen molar-refractivity contribution >= 4 is 17.3 Å². The average molecular weight is 293 g/mol. The van der Waals surface area contributed by atoms with E-state index in [4.69, 9.17) is 4.74 Å². The summed E-state index contributed by atoms with van der Waals surface area (Å²) >= 11 is 0. The van der Waals surface area contributed by atoms with Crippen molar-refractivity contribution in [1.29, 1.82) is 0 Å². The predicted molar refractivity (Wildman–Crippen MR) is 78.3 cm³/mol. The molecule has 0 radical (unpaired) electrons. The second kappa shape index (κ2) is 7.14. The molecule has 1 aliphatic rings. The SMILES string of the molecule is Cc1ccc([N+](=O)[O-])cc1NC(=O)COC1CCNCC1. The number of rotatable bonds is 5. The summed E-state index contributed by atoms with van der Waals surface area (Å²) in [6.45, 7) is 3.55. The molecule has 7 nitrogen and oxygen atoms in total. The molecule has 0 aliphatic carbocycles. The number of nitro benzene ring substituents is 1. The van der Waals surface area contributed by atoms with Crippen LogP contribution in [0.2, 0.25) is 0 Å². The molecule has 0 aromatic heterocycles. The van der Waals surface area contributed by atoms with Crippen LogP contribution in [-0.2, 0) is 9.53 Å². The fourth-order valence-corrected chi connectivity index (χ4v) is 2.20. The van der Waals surface area contributed by atoms with E-state index in [1.807, 2.05) is 0 Å². The van der Waals surface area contributed by atoms with Gasteiger partial charge in [-0.3, -0.25) is 14.9 Å². The third kappa shape index (κ3) is 4.51. The molecule has 2 N–H and O–H groups in total. The summed E-state index contributed by atoms with van der Waals surface area (Å²) in [5, 5.41) is 16.6. The number of ether oxygens (including phenoxy) is 1. The maximum absolute atomic E-state index is 11.9. The van der Waals surface area contributed by atoms with Crippen LogP contribution in [0.4, 0.5) is 11.4 Å². The molecule has 1 heterocycles. The lowest BCUT2D eigenvalue weighted by Gasteiger charge is -2.22. The Bertz CT molecular complexity index is 527. The van der Waals surface area contributed by atoms with E-state index in [9.17, 15) is 14.9 Å². The van der Waals surface area contributed by atoms with Crippen molar-refractivity contribution in [1.82, 2.24) is 5.32 Å². The van der Waals surface area contributed by atoms with E-state index in [1.54, 1.807) is 13.0 Å². The van der Waals surface area contributed by atoms with Crippen molar-refractivity contribution < 1.29 is 14.5 Å². The zero-order valence-corrected chi connectivity index (χ0v) is 11.9. The molecule has 0 unspecified atom stereocenters. The molecule has 1 amide bonds. The Morgan fingerprint density at radius 3 is 2.86 bits per heavy atom. The van der Waals surface area contributed by atoms with Crippen LogP contribution in [0.5, 0.6) is 0 Å². The number of anilines is 1. The molecular weight excluding hydrogens is 274 g/mol. The van der Waals surface area contributed by atoms with Crippen LogP contribution in [0.25, 0.3) is 0 Å². The van der Waals surface area contributed by atoms with Crippen LogP contribution in [-0.4, -0.2) is 36.6 Å². The number of non-ortho nitro benzene ring substituents is 1. The van der Waals surface area contributed by atoms with Gasteiger partial charge in [-0.25, -0.2) is 0 Å². The lowest BCUT2D eigenvalue weighted by atomic mass is 10.1. The minimum atomic E-state index is -0.485. The highest BCUT2D eigenvalue weighted by Crippen LogP contribution is 2.21. The number of hydrogen-bond acceptors (Lipinski definition) is 5. The van der Waals surface area contributed by atoms with E-state index in [-0.39, 0.29) is 24.3 Å². The van der Waals surface area contributed by atoms with Gasteiger partial charge >= 0.3 is 0 Å². The molecule has 2 rings (SSSR count). The molecule has 0 spiro atoms. The molecule has 21 heavy (non-hydrogen) atoms. The first-order valence-electron chi connectivity index (χ1n) is 6.93. The van der Waals surface area contributed by atoms with Gasteiger partial charge in [0.2, 0.25) is 5.91 Å². The number of hydrogen-bond donors (Lipinski definition) is 2. The van der Waals surface area contributed by atoms with Gasteiger partial charge in [-0.2, -0.15) is 0 Å². The smallest absolute Gasteiger partial charge is 0.271 e. The van der Waals surface area contributed by atoms with Crippen molar-refractivity contribution in [3.8, 4) is 0 Å². The number of piperidine rings is 1. The first-order chi connectivity index (χ1) is 10.1. The van der Waals surface area contributed by atoms with Crippen LogP contribution in [0.1, 0.15) is 18.4 Å². The Morgan fingerprint density at radius 1 is 1.48 bits per heavy atom. The molecular formula is C14H19N3O4. The third-order valence-electron chi connectivity index (χ3n) is 3.44. The lowest BCUT2D eigenvalue weighted by Crippen LogP contribution is -2.34. The minimum Gasteiger partial charge on any atom is -0.368 e. The van der Waals surface area contributed by atoms with E-state index >= 15 is 0 Å². The summed E-state index contributed by atoms with van der Waals surface area (Å²) in [4.78, 5) is 22.1. The fraction of sp³-hybridized carbons (Fsp3) is 0.500. The van der Waals surface area contributed by atoms with Gasteiger partial charge in [0.05, 0.1) is 16.7 Å².